The zero-order chi connectivity index (χ0) is 11.9. The minimum atomic E-state index is 0.0802. The molecule has 0 aliphatic carbocycles. The third-order valence-electron chi connectivity index (χ3n) is 2.74. The predicted molar refractivity (Wildman–Crippen MR) is 71.7 cm³/mol. The molecular weight excluding hydrogens is 208 g/mol. The Morgan fingerprint density at radius 2 is 1.47 bits per heavy atom. The SMILES string of the molecule is OC/C(=C\Cc1ccccc1)c1ccccc1. The molecule has 0 saturated carbocycles. The largest absolute Gasteiger partial charge is 0.392 e. The highest BCUT2D eigenvalue weighted by Gasteiger charge is 1.98. The summed E-state index contributed by atoms with van der Waals surface area (Å²) in [6, 6.07) is 20.3. The maximum Gasteiger partial charge on any atom is 0.0684 e. The fraction of sp³-hybridized carbons (Fsp3) is 0.125. The summed E-state index contributed by atoms with van der Waals surface area (Å²) >= 11 is 0. The summed E-state index contributed by atoms with van der Waals surface area (Å²) in [5.41, 5.74) is 3.33. The van der Waals surface area contributed by atoms with E-state index in [2.05, 4.69) is 18.2 Å². The molecule has 1 N–H and O–H groups in total. The van der Waals surface area contributed by atoms with Crippen molar-refractivity contribution in [2.24, 2.45) is 0 Å². The van der Waals surface area contributed by atoms with Gasteiger partial charge < -0.3 is 5.11 Å². The molecule has 0 spiro atoms. The van der Waals surface area contributed by atoms with Crippen molar-refractivity contribution in [3.05, 3.63) is 77.9 Å². The van der Waals surface area contributed by atoms with E-state index in [1.54, 1.807) is 0 Å². The van der Waals surface area contributed by atoms with Gasteiger partial charge in [-0.25, -0.2) is 0 Å². The molecule has 0 atom stereocenters. The van der Waals surface area contributed by atoms with Gasteiger partial charge in [0.1, 0.15) is 0 Å². The summed E-state index contributed by atoms with van der Waals surface area (Å²) in [6.45, 7) is 0.0802. The third kappa shape index (κ3) is 3.30. The van der Waals surface area contributed by atoms with Gasteiger partial charge in [0.15, 0.2) is 0 Å². The van der Waals surface area contributed by atoms with Gasteiger partial charge in [-0.3, -0.25) is 0 Å². The average molecular weight is 224 g/mol. The molecule has 2 aromatic rings. The van der Waals surface area contributed by atoms with E-state index in [9.17, 15) is 5.11 Å². The fourth-order valence-electron chi connectivity index (χ4n) is 1.78. The first-order valence-electron chi connectivity index (χ1n) is 5.79. The standard InChI is InChI=1S/C16H16O/c17-13-16(15-9-5-2-6-10-15)12-11-14-7-3-1-4-8-14/h1-10,12,17H,11,13H2/b16-12+. The van der Waals surface area contributed by atoms with Crippen LogP contribution in [-0.2, 0) is 6.42 Å². The van der Waals surface area contributed by atoms with E-state index < -0.39 is 0 Å². The van der Waals surface area contributed by atoms with Crippen molar-refractivity contribution >= 4 is 5.57 Å². The van der Waals surface area contributed by atoms with Crippen LogP contribution in [0.2, 0.25) is 0 Å². The lowest BCUT2D eigenvalue weighted by Crippen LogP contribution is -1.91. The Balaban J connectivity index is 2.14. The van der Waals surface area contributed by atoms with Gasteiger partial charge in [-0.2, -0.15) is 0 Å². The number of hydrogen-bond donors (Lipinski definition) is 1. The van der Waals surface area contributed by atoms with E-state index in [4.69, 9.17) is 0 Å². The number of hydrogen-bond acceptors (Lipinski definition) is 1. The molecule has 2 rings (SSSR count). The number of benzene rings is 2. The van der Waals surface area contributed by atoms with Crippen LogP contribution in [0.15, 0.2) is 66.7 Å². The smallest absolute Gasteiger partial charge is 0.0684 e. The molecule has 0 saturated heterocycles. The van der Waals surface area contributed by atoms with E-state index in [-0.39, 0.29) is 6.61 Å². The highest BCUT2D eigenvalue weighted by Crippen LogP contribution is 2.14. The highest BCUT2D eigenvalue weighted by molar-refractivity contribution is 5.66. The highest BCUT2D eigenvalue weighted by atomic mass is 16.3. The van der Waals surface area contributed by atoms with Crippen molar-refractivity contribution in [2.75, 3.05) is 6.61 Å². The minimum Gasteiger partial charge on any atom is -0.392 e. The summed E-state index contributed by atoms with van der Waals surface area (Å²) in [7, 11) is 0. The van der Waals surface area contributed by atoms with Crippen LogP contribution in [0, 0.1) is 0 Å². The summed E-state index contributed by atoms with van der Waals surface area (Å²) < 4.78 is 0. The maximum atomic E-state index is 9.39. The molecule has 1 nitrogen and oxygen atoms in total. The van der Waals surface area contributed by atoms with Crippen LogP contribution in [0.4, 0.5) is 0 Å². The molecule has 0 aliphatic heterocycles. The van der Waals surface area contributed by atoms with Crippen molar-refractivity contribution in [1.82, 2.24) is 0 Å². The van der Waals surface area contributed by atoms with Gasteiger partial charge in [-0.1, -0.05) is 66.7 Å². The monoisotopic (exact) mass is 224 g/mol. The molecule has 0 heterocycles. The van der Waals surface area contributed by atoms with Crippen molar-refractivity contribution in [1.29, 1.82) is 0 Å². The van der Waals surface area contributed by atoms with Crippen LogP contribution >= 0.6 is 0 Å². The molecule has 1 heteroatoms. The van der Waals surface area contributed by atoms with Gasteiger partial charge in [-0.05, 0) is 23.1 Å². The quantitative estimate of drug-likeness (QED) is 0.844. The second-order valence-electron chi connectivity index (χ2n) is 3.94. The molecular formula is C16H16O. The molecule has 0 aromatic heterocycles. The first-order valence-corrected chi connectivity index (χ1v) is 5.79. The molecule has 0 bridgehead atoms. The predicted octanol–water partition coefficient (Wildman–Crippen LogP) is 3.31. The molecule has 0 aliphatic rings. The van der Waals surface area contributed by atoms with Gasteiger partial charge in [0.05, 0.1) is 6.61 Å². The van der Waals surface area contributed by atoms with Crippen molar-refractivity contribution in [2.45, 2.75) is 6.42 Å². The summed E-state index contributed by atoms with van der Waals surface area (Å²) in [5, 5.41) is 9.39. The van der Waals surface area contributed by atoms with Crippen molar-refractivity contribution < 1.29 is 5.11 Å². The van der Waals surface area contributed by atoms with Crippen LogP contribution < -0.4 is 0 Å². The first-order chi connectivity index (χ1) is 8.40. The summed E-state index contributed by atoms with van der Waals surface area (Å²) in [6.07, 6.45) is 2.94. The third-order valence-corrected chi connectivity index (χ3v) is 2.74. The Kier molecular flexibility index (Phi) is 4.11. The molecule has 2 aromatic carbocycles. The molecule has 17 heavy (non-hydrogen) atoms. The lowest BCUT2D eigenvalue weighted by molar-refractivity contribution is 0.350. The van der Waals surface area contributed by atoms with Crippen LogP contribution in [0.3, 0.4) is 0 Å². The molecule has 0 radical (unpaired) electrons. The molecule has 0 fully saturated rings. The molecule has 0 amide bonds. The van der Waals surface area contributed by atoms with Crippen LogP contribution in [-0.4, -0.2) is 11.7 Å². The topological polar surface area (TPSA) is 20.2 Å². The lowest BCUT2D eigenvalue weighted by Gasteiger charge is -2.04. The van der Waals surface area contributed by atoms with E-state index in [1.807, 2.05) is 48.5 Å². The van der Waals surface area contributed by atoms with Crippen LogP contribution in [0.25, 0.3) is 5.57 Å². The minimum absolute atomic E-state index is 0.0802. The van der Waals surface area contributed by atoms with Gasteiger partial charge >= 0.3 is 0 Å². The van der Waals surface area contributed by atoms with E-state index in [1.165, 1.54) is 5.56 Å². The zero-order valence-corrected chi connectivity index (χ0v) is 9.71. The average Bonchev–Trinajstić information content (AvgIpc) is 2.42. The van der Waals surface area contributed by atoms with E-state index in [0.717, 1.165) is 17.6 Å². The summed E-state index contributed by atoms with van der Waals surface area (Å²) in [4.78, 5) is 0. The van der Waals surface area contributed by atoms with Crippen molar-refractivity contribution in [3.8, 4) is 0 Å². The Bertz CT molecular complexity index is 471. The number of rotatable bonds is 4. The van der Waals surface area contributed by atoms with Gasteiger partial charge in [0.2, 0.25) is 0 Å². The zero-order valence-electron chi connectivity index (χ0n) is 9.71. The molecule has 0 unspecified atom stereocenters. The Morgan fingerprint density at radius 1 is 0.882 bits per heavy atom. The number of aliphatic hydroxyl groups is 1. The number of allylic oxidation sites excluding steroid dienone is 1. The second kappa shape index (κ2) is 6.02. The van der Waals surface area contributed by atoms with E-state index in [0.29, 0.717) is 0 Å². The maximum absolute atomic E-state index is 9.39. The number of aliphatic hydroxyl groups excluding tert-OH is 1. The normalized spacial score (nSPS) is 11.5. The second-order valence-corrected chi connectivity index (χ2v) is 3.94. The van der Waals surface area contributed by atoms with E-state index >= 15 is 0 Å². The fourth-order valence-corrected chi connectivity index (χ4v) is 1.78. The van der Waals surface area contributed by atoms with Gasteiger partial charge in [0.25, 0.3) is 0 Å². The van der Waals surface area contributed by atoms with Gasteiger partial charge in [-0.15, -0.1) is 0 Å². The Hall–Kier alpha value is -1.86. The van der Waals surface area contributed by atoms with Crippen LogP contribution in [0.5, 0.6) is 0 Å². The lowest BCUT2D eigenvalue weighted by atomic mass is 10.0. The Morgan fingerprint density at radius 3 is 2.06 bits per heavy atom. The first kappa shape index (κ1) is 11.6. The summed E-state index contributed by atoms with van der Waals surface area (Å²) in [5.74, 6) is 0. The van der Waals surface area contributed by atoms with Gasteiger partial charge in [0, 0.05) is 0 Å². The molecule has 86 valence electrons. The Labute approximate surface area is 102 Å². The van der Waals surface area contributed by atoms with Crippen LogP contribution in [0.1, 0.15) is 11.1 Å². The van der Waals surface area contributed by atoms with Crippen molar-refractivity contribution in [3.63, 3.8) is 0 Å².